The number of aryl methyl sites for hydroxylation is 1. The van der Waals surface area contributed by atoms with Gasteiger partial charge in [-0.1, -0.05) is 0 Å². The van der Waals surface area contributed by atoms with Crippen molar-refractivity contribution in [2.75, 3.05) is 7.11 Å². The quantitative estimate of drug-likeness (QED) is 0.614. The van der Waals surface area contributed by atoms with Crippen molar-refractivity contribution in [2.45, 2.75) is 19.4 Å². The molecule has 1 unspecified atom stereocenters. The molecule has 0 aromatic heterocycles. The number of carbonyl (C=O) groups is 1. The number of Topliss-reactive ketones (excluding diaryl/α,β-unsaturated/α-hetero) is 1. The van der Waals surface area contributed by atoms with Crippen LogP contribution in [0.5, 0.6) is 5.75 Å². The summed E-state index contributed by atoms with van der Waals surface area (Å²) in [5.74, 6) is 2.98. The molecular formula is C13H15NO2. The van der Waals surface area contributed by atoms with E-state index in [-0.39, 0.29) is 12.2 Å². The van der Waals surface area contributed by atoms with E-state index in [1.807, 2.05) is 6.92 Å². The van der Waals surface area contributed by atoms with Crippen LogP contribution in [0.2, 0.25) is 0 Å². The summed E-state index contributed by atoms with van der Waals surface area (Å²) < 4.78 is 5.06. The number of terminal acetylenes is 1. The third kappa shape index (κ3) is 2.62. The lowest BCUT2D eigenvalue weighted by Crippen LogP contribution is -2.30. The summed E-state index contributed by atoms with van der Waals surface area (Å²) in [6, 6.07) is 4.63. The summed E-state index contributed by atoms with van der Waals surface area (Å²) in [6.07, 6.45) is 5.38. The van der Waals surface area contributed by atoms with Crippen molar-refractivity contribution < 1.29 is 9.53 Å². The van der Waals surface area contributed by atoms with Gasteiger partial charge in [0.1, 0.15) is 5.75 Å². The van der Waals surface area contributed by atoms with Crippen molar-refractivity contribution in [1.29, 1.82) is 0 Å². The van der Waals surface area contributed by atoms with Gasteiger partial charge >= 0.3 is 0 Å². The molecule has 1 aromatic rings. The van der Waals surface area contributed by atoms with Crippen LogP contribution in [0, 0.1) is 19.3 Å². The zero-order valence-corrected chi connectivity index (χ0v) is 9.49. The van der Waals surface area contributed by atoms with Gasteiger partial charge in [-0.3, -0.25) is 4.79 Å². The first-order valence-electron chi connectivity index (χ1n) is 4.98. The van der Waals surface area contributed by atoms with Crippen molar-refractivity contribution in [3.63, 3.8) is 0 Å². The van der Waals surface area contributed by atoms with Gasteiger partial charge in [-0.25, -0.2) is 0 Å². The second-order valence-corrected chi connectivity index (χ2v) is 3.56. The maximum Gasteiger partial charge on any atom is 0.180 e. The molecule has 16 heavy (non-hydrogen) atoms. The minimum atomic E-state index is -0.628. The van der Waals surface area contributed by atoms with E-state index < -0.39 is 6.04 Å². The summed E-state index contributed by atoms with van der Waals surface area (Å²) in [5.41, 5.74) is 7.12. The molecule has 1 aromatic carbocycles. The van der Waals surface area contributed by atoms with E-state index >= 15 is 0 Å². The molecule has 0 spiro atoms. The van der Waals surface area contributed by atoms with Crippen LogP contribution >= 0.6 is 0 Å². The number of rotatable bonds is 4. The number of nitrogens with two attached hydrogens (primary N) is 1. The first-order valence-corrected chi connectivity index (χ1v) is 4.98. The molecule has 1 atom stereocenters. The average Bonchev–Trinajstić information content (AvgIpc) is 2.28. The Labute approximate surface area is 95.6 Å². The summed E-state index contributed by atoms with van der Waals surface area (Å²) in [5, 5.41) is 0. The fraction of sp³-hybridized carbons (Fsp3) is 0.308. The van der Waals surface area contributed by atoms with Gasteiger partial charge in [0.05, 0.1) is 13.2 Å². The lowest BCUT2D eigenvalue weighted by atomic mass is 9.98. The van der Waals surface area contributed by atoms with Crippen molar-refractivity contribution in [2.24, 2.45) is 5.73 Å². The Morgan fingerprint density at radius 3 is 2.81 bits per heavy atom. The van der Waals surface area contributed by atoms with Gasteiger partial charge in [-0.05, 0) is 30.7 Å². The van der Waals surface area contributed by atoms with Gasteiger partial charge in [-0.15, -0.1) is 12.3 Å². The highest BCUT2D eigenvalue weighted by Crippen LogP contribution is 2.18. The van der Waals surface area contributed by atoms with Crippen LogP contribution in [0.1, 0.15) is 22.3 Å². The summed E-state index contributed by atoms with van der Waals surface area (Å²) >= 11 is 0. The predicted octanol–water partition coefficient (Wildman–Crippen LogP) is 1.54. The van der Waals surface area contributed by atoms with Gasteiger partial charge in [-0.2, -0.15) is 0 Å². The second kappa shape index (κ2) is 5.34. The number of methoxy groups -OCH3 is 1. The molecule has 0 fully saturated rings. The minimum absolute atomic E-state index is 0.127. The van der Waals surface area contributed by atoms with Crippen LogP contribution in [0.25, 0.3) is 0 Å². The zero-order chi connectivity index (χ0) is 12.1. The van der Waals surface area contributed by atoms with Crippen LogP contribution in [0.4, 0.5) is 0 Å². The van der Waals surface area contributed by atoms with E-state index in [0.717, 1.165) is 11.3 Å². The van der Waals surface area contributed by atoms with E-state index in [0.29, 0.717) is 5.56 Å². The molecule has 84 valence electrons. The van der Waals surface area contributed by atoms with Crippen molar-refractivity contribution in [1.82, 2.24) is 0 Å². The highest BCUT2D eigenvalue weighted by atomic mass is 16.5. The second-order valence-electron chi connectivity index (χ2n) is 3.56. The van der Waals surface area contributed by atoms with Crippen LogP contribution in [-0.4, -0.2) is 18.9 Å². The molecule has 0 heterocycles. The highest BCUT2D eigenvalue weighted by molar-refractivity contribution is 6.01. The molecule has 0 amide bonds. The Kier molecular flexibility index (Phi) is 4.10. The van der Waals surface area contributed by atoms with E-state index in [1.54, 1.807) is 25.3 Å². The third-order valence-electron chi connectivity index (χ3n) is 2.37. The molecule has 3 heteroatoms. The van der Waals surface area contributed by atoms with Crippen LogP contribution < -0.4 is 10.5 Å². The minimum Gasteiger partial charge on any atom is -0.497 e. The average molecular weight is 217 g/mol. The number of ether oxygens (including phenoxy) is 1. The standard InChI is InChI=1S/C13H15NO2/c1-4-5-12(14)13(15)11-7-6-10(16-3)8-9(11)2/h1,6-8,12H,5,14H2,2-3H3. The lowest BCUT2D eigenvalue weighted by Gasteiger charge is -2.10. The molecule has 0 saturated carbocycles. The smallest absolute Gasteiger partial charge is 0.180 e. The number of benzene rings is 1. The number of hydrogen-bond acceptors (Lipinski definition) is 3. The zero-order valence-electron chi connectivity index (χ0n) is 9.49. The normalized spacial score (nSPS) is 11.6. The molecule has 0 radical (unpaired) electrons. The van der Waals surface area contributed by atoms with Crippen molar-refractivity contribution >= 4 is 5.78 Å². The first-order chi connectivity index (χ1) is 7.60. The number of ketones is 1. The lowest BCUT2D eigenvalue weighted by molar-refractivity contribution is 0.0962. The van der Waals surface area contributed by atoms with Crippen LogP contribution in [0.3, 0.4) is 0 Å². The van der Waals surface area contributed by atoms with Gasteiger partial charge < -0.3 is 10.5 Å². The highest BCUT2D eigenvalue weighted by Gasteiger charge is 2.16. The van der Waals surface area contributed by atoms with E-state index in [2.05, 4.69) is 5.92 Å². The van der Waals surface area contributed by atoms with E-state index in [4.69, 9.17) is 16.9 Å². The Bertz CT molecular complexity index is 432. The molecule has 3 nitrogen and oxygen atoms in total. The van der Waals surface area contributed by atoms with E-state index in [9.17, 15) is 4.79 Å². The third-order valence-corrected chi connectivity index (χ3v) is 2.37. The first kappa shape index (κ1) is 12.3. The number of carbonyl (C=O) groups excluding carboxylic acids is 1. The monoisotopic (exact) mass is 217 g/mol. The SMILES string of the molecule is C#CCC(N)C(=O)c1ccc(OC)cc1C. The van der Waals surface area contributed by atoms with Crippen molar-refractivity contribution in [3.05, 3.63) is 29.3 Å². The fourth-order valence-electron chi connectivity index (χ4n) is 1.46. The molecular weight excluding hydrogens is 202 g/mol. The summed E-state index contributed by atoms with van der Waals surface area (Å²) in [4.78, 5) is 11.9. The fourth-order valence-corrected chi connectivity index (χ4v) is 1.46. The van der Waals surface area contributed by atoms with E-state index in [1.165, 1.54) is 0 Å². The largest absolute Gasteiger partial charge is 0.497 e. The van der Waals surface area contributed by atoms with Crippen molar-refractivity contribution in [3.8, 4) is 18.1 Å². The molecule has 1 rings (SSSR count). The summed E-state index contributed by atoms with van der Waals surface area (Å²) in [7, 11) is 1.58. The van der Waals surface area contributed by atoms with Gasteiger partial charge in [0, 0.05) is 12.0 Å². The van der Waals surface area contributed by atoms with Crippen LogP contribution in [0.15, 0.2) is 18.2 Å². The number of hydrogen-bond donors (Lipinski definition) is 1. The topological polar surface area (TPSA) is 52.3 Å². The van der Waals surface area contributed by atoms with Gasteiger partial charge in [0.2, 0.25) is 0 Å². The molecule has 0 saturated heterocycles. The summed E-state index contributed by atoms with van der Waals surface area (Å²) in [6.45, 7) is 1.85. The molecule has 0 aliphatic heterocycles. The Morgan fingerprint density at radius 2 is 2.31 bits per heavy atom. The molecule has 0 aliphatic rings. The van der Waals surface area contributed by atoms with Gasteiger partial charge in [0.15, 0.2) is 5.78 Å². The Morgan fingerprint density at radius 1 is 1.62 bits per heavy atom. The maximum atomic E-state index is 11.9. The Balaban J connectivity index is 2.97. The molecule has 0 aliphatic carbocycles. The Hall–Kier alpha value is -1.79. The maximum absolute atomic E-state index is 11.9. The molecule has 2 N–H and O–H groups in total. The van der Waals surface area contributed by atoms with Crippen LogP contribution in [-0.2, 0) is 0 Å². The van der Waals surface area contributed by atoms with Gasteiger partial charge in [0.25, 0.3) is 0 Å². The molecule has 0 bridgehead atoms. The predicted molar refractivity (Wildman–Crippen MR) is 63.5 cm³/mol.